The maximum atomic E-state index is 12.0. The Labute approximate surface area is 121 Å². The normalized spacial score (nSPS) is 19.1. The zero-order valence-electron chi connectivity index (χ0n) is 10.8. The Balaban J connectivity index is 2.09. The Morgan fingerprint density at radius 3 is 3.00 bits per heavy atom. The van der Waals surface area contributed by atoms with Gasteiger partial charge in [0.1, 0.15) is 5.75 Å². The number of carbonyl (C=O) groups excluding carboxylic acids is 1. The Morgan fingerprint density at radius 2 is 2.37 bits per heavy atom. The highest BCUT2D eigenvalue weighted by Crippen LogP contribution is 2.24. The first-order valence-corrected chi connectivity index (χ1v) is 6.95. The Hall–Kier alpha value is -1.33. The number of methoxy groups -OCH3 is 1. The fourth-order valence-electron chi connectivity index (χ4n) is 2.09. The highest BCUT2D eigenvalue weighted by molar-refractivity contribution is 9.10. The summed E-state index contributed by atoms with van der Waals surface area (Å²) in [6, 6.07) is 5.79. The molecule has 0 bridgehead atoms. The van der Waals surface area contributed by atoms with Crippen molar-refractivity contribution in [3.8, 4) is 5.75 Å². The van der Waals surface area contributed by atoms with Gasteiger partial charge in [-0.15, -0.1) is 0 Å². The molecule has 19 heavy (non-hydrogen) atoms. The average Bonchev–Trinajstić information content (AvgIpc) is 2.83. The molecule has 1 aromatic carbocycles. The summed E-state index contributed by atoms with van der Waals surface area (Å²) < 4.78 is 6.21. The molecule has 2 rings (SSSR count). The number of benzene rings is 1. The maximum Gasteiger partial charge on any atom is 0.246 e. The van der Waals surface area contributed by atoms with E-state index in [2.05, 4.69) is 15.9 Å². The summed E-state index contributed by atoms with van der Waals surface area (Å²) in [4.78, 5) is 13.7. The average molecular weight is 325 g/mol. The number of nitrogens with two attached hydrogens (primary N) is 1. The molecule has 1 amide bonds. The van der Waals surface area contributed by atoms with Crippen molar-refractivity contribution in [2.45, 2.75) is 12.5 Å². The van der Waals surface area contributed by atoms with E-state index in [9.17, 15) is 4.79 Å². The molecule has 1 aromatic rings. The smallest absolute Gasteiger partial charge is 0.246 e. The minimum atomic E-state index is -0.00465. The van der Waals surface area contributed by atoms with E-state index in [0.717, 1.165) is 28.8 Å². The van der Waals surface area contributed by atoms with Gasteiger partial charge in [0.2, 0.25) is 5.91 Å². The summed E-state index contributed by atoms with van der Waals surface area (Å²) in [5.74, 6) is 0.736. The number of likely N-dealkylation sites (tertiary alicyclic amines) is 1. The molecule has 4 nitrogen and oxygen atoms in total. The number of ether oxygens (including phenoxy) is 1. The maximum absolute atomic E-state index is 12.0. The first-order valence-electron chi connectivity index (χ1n) is 6.16. The van der Waals surface area contributed by atoms with Crippen molar-refractivity contribution in [3.05, 3.63) is 34.3 Å². The molecular formula is C14H17BrN2O2. The number of amides is 1. The molecule has 1 atom stereocenters. The van der Waals surface area contributed by atoms with Crippen LogP contribution in [0.25, 0.3) is 6.08 Å². The molecule has 0 unspecified atom stereocenters. The molecule has 5 heteroatoms. The van der Waals surface area contributed by atoms with E-state index in [1.807, 2.05) is 18.2 Å². The van der Waals surface area contributed by atoms with Crippen molar-refractivity contribution in [2.75, 3.05) is 20.2 Å². The largest absolute Gasteiger partial charge is 0.496 e. The molecule has 0 saturated carbocycles. The van der Waals surface area contributed by atoms with Gasteiger partial charge in [0, 0.05) is 35.2 Å². The molecule has 102 valence electrons. The minimum Gasteiger partial charge on any atom is -0.496 e. The van der Waals surface area contributed by atoms with Gasteiger partial charge in [-0.3, -0.25) is 4.79 Å². The van der Waals surface area contributed by atoms with E-state index in [1.165, 1.54) is 0 Å². The topological polar surface area (TPSA) is 55.6 Å². The Kier molecular flexibility index (Phi) is 4.61. The SMILES string of the molecule is COc1ccc(Br)cc1/C=C/C(=O)N1CC[C@@H](N)C1. The van der Waals surface area contributed by atoms with Crippen molar-refractivity contribution >= 4 is 27.9 Å². The zero-order chi connectivity index (χ0) is 13.8. The van der Waals surface area contributed by atoms with Gasteiger partial charge in [0.05, 0.1) is 7.11 Å². The first-order chi connectivity index (χ1) is 9.10. The number of rotatable bonds is 3. The van der Waals surface area contributed by atoms with Crippen molar-refractivity contribution in [1.82, 2.24) is 4.90 Å². The summed E-state index contributed by atoms with van der Waals surface area (Å²) in [6.45, 7) is 1.37. The predicted molar refractivity (Wildman–Crippen MR) is 78.9 cm³/mol. The van der Waals surface area contributed by atoms with Crippen LogP contribution in [-0.2, 0) is 4.79 Å². The molecule has 2 N–H and O–H groups in total. The van der Waals surface area contributed by atoms with Gasteiger partial charge in [-0.25, -0.2) is 0 Å². The van der Waals surface area contributed by atoms with Gasteiger partial charge in [0.15, 0.2) is 0 Å². The number of halogens is 1. The number of carbonyl (C=O) groups is 1. The Morgan fingerprint density at radius 1 is 1.58 bits per heavy atom. The lowest BCUT2D eigenvalue weighted by Crippen LogP contribution is -2.30. The van der Waals surface area contributed by atoms with E-state index in [0.29, 0.717) is 6.54 Å². The molecule has 0 radical (unpaired) electrons. The van der Waals surface area contributed by atoms with Gasteiger partial charge in [0.25, 0.3) is 0 Å². The van der Waals surface area contributed by atoms with Crippen LogP contribution >= 0.6 is 15.9 Å². The van der Waals surface area contributed by atoms with Gasteiger partial charge in [-0.1, -0.05) is 15.9 Å². The lowest BCUT2D eigenvalue weighted by Gasteiger charge is -2.12. The standard InChI is InChI=1S/C14H17BrN2O2/c1-19-13-4-3-11(15)8-10(13)2-5-14(18)17-7-6-12(16)9-17/h2-5,8,12H,6-7,9,16H2,1H3/b5-2+/t12-/m1/s1. The van der Waals surface area contributed by atoms with Crippen LogP contribution in [0.4, 0.5) is 0 Å². The number of nitrogens with zero attached hydrogens (tertiary/aromatic N) is 1. The van der Waals surface area contributed by atoms with E-state index < -0.39 is 0 Å². The van der Waals surface area contributed by atoms with Crippen molar-refractivity contribution in [1.29, 1.82) is 0 Å². The van der Waals surface area contributed by atoms with Gasteiger partial charge in [-0.05, 0) is 30.7 Å². The number of hydrogen-bond acceptors (Lipinski definition) is 3. The molecule has 1 aliphatic heterocycles. The van der Waals surface area contributed by atoms with E-state index in [-0.39, 0.29) is 11.9 Å². The predicted octanol–water partition coefficient (Wildman–Crippen LogP) is 2.03. The summed E-state index contributed by atoms with van der Waals surface area (Å²) in [5.41, 5.74) is 6.66. The third kappa shape index (κ3) is 3.58. The summed E-state index contributed by atoms with van der Waals surface area (Å²) in [7, 11) is 1.61. The number of hydrogen-bond donors (Lipinski definition) is 1. The van der Waals surface area contributed by atoms with Crippen molar-refractivity contribution < 1.29 is 9.53 Å². The highest BCUT2D eigenvalue weighted by Gasteiger charge is 2.21. The van der Waals surface area contributed by atoms with E-state index in [1.54, 1.807) is 24.2 Å². The second kappa shape index (κ2) is 6.21. The van der Waals surface area contributed by atoms with Crippen molar-refractivity contribution in [3.63, 3.8) is 0 Å². The van der Waals surface area contributed by atoms with E-state index >= 15 is 0 Å². The van der Waals surface area contributed by atoms with Crippen LogP contribution in [0, 0.1) is 0 Å². The second-order valence-electron chi connectivity index (χ2n) is 4.55. The van der Waals surface area contributed by atoms with Crippen molar-refractivity contribution in [2.24, 2.45) is 5.73 Å². The third-order valence-electron chi connectivity index (χ3n) is 3.13. The molecule has 1 saturated heterocycles. The molecule has 1 aliphatic rings. The van der Waals surface area contributed by atoms with Crippen LogP contribution in [0.2, 0.25) is 0 Å². The Bertz CT molecular complexity index is 502. The van der Waals surface area contributed by atoms with Gasteiger partial charge >= 0.3 is 0 Å². The molecule has 1 heterocycles. The van der Waals surface area contributed by atoms with Crippen LogP contribution in [0.1, 0.15) is 12.0 Å². The summed E-state index contributed by atoms with van der Waals surface area (Å²) in [6.07, 6.45) is 4.22. The quantitative estimate of drug-likeness (QED) is 0.865. The highest BCUT2D eigenvalue weighted by atomic mass is 79.9. The molecule has 1 fully saturated rings. The van der Waals surface area contributed by atoms with Crippen LogP contribution in [0.3, 0.4) is 0 Å². The first kappa shape index (κ1) is 14.1. The zero-order valence-corrected chi connectivity index (χ0v) is 12.4. The molecule has 0 spiro atoms. The molecule has 0 aliphatic carbocycles. The molecule has 0 aromatic heterocycles. The van der Waals surface area contributed by atoms with Crippen LogP contribution in [0.5, 0.6) is 5.75 Å². The monoisotopic (exact) mass is 324 g/mol. The van der Waals surface area contributed by atoms with Crippen LogP contribution in [0.15, 0.2) is 28.7 Å². The second-order valence-corrected chi connectivity index (χ2v) is 5.47. The van der Waals surface area contributed by atoms with Gasteiger partial charge < -0.3 is 15.4 Å². The van der Waals surface area contributed by atoms with E-state index in [4.69, 9.17) is 10.5 Å². The third-order valence-corrected chi connectivity index (χ3v) is 3.63. The van der Waals surface area contributed by atoms with Crippen LogP contribution < -0.4 is 10.5 Å². The fraction of sp³-hybridized carbons (Fsp3) is 0.357. The summed E-state index contributed by atoms with van der Waals surface area (Å²) in [5, 5.41) is 0. The van der Waals surface area contributed by atoms with Gasteiger partial charge in [-0.2, -0.15) is 0 Å². The minimum absolute atomic E-state index is 0.00465. The molecular weight excluding hydrogens is 308 g/mol. The summed E-state index contributed by atoms with van der Waals surface area (Å²) >= 11 is 3.41. The fourth-order valence-corrected chi connectivity index (χ4v) is 2.47. The lowest BCUT2D eigenvalue weighted by atomic mass is 10.2. The van der Waals surface area contributed by atoms with Crippen LogP contribution in [-0.4, -0.2) is 37.0 Å². The lowest BCUT2D eigenvalue weighted by molar-refractivity contribution is -0.124.